The molecule has 0 fully saturated rings. The van der Waals surface area contributed by atoms with Gasteiger partial charge >= 0.3 is 0 Å². The van der Waals surface area contributed by atoms with Crippen molar-refractivity contribution in [2.24, 2.45) is 21.5 Å². The SMILES string of the molecule is CCN(C[C@@H]1COC(N)=N1)c1ccc(Cl)cc1.CN(C[C@@H]1COC(N)=N1)c1ccc(Cl)cc1. The van der Waals surface area contributed by atoms with Crippen molar-refractivity contribution >= 4 is 46.6 Å². The molecule has 178 valence electrons. The van der Waals surface area contributed by atoms with Crippen LogP contribution in [0.4, 0.5) is 11.4 Å². The first-order chi connectivity index (χ1) is 15.8. The summed E-state index contributed by atoms with van der Waals surface area (Å²) >= 11 is 11.7. The number of halogens is 2. The van der Waals surface area contributed by atoms with Crippen molar-refractivity contribution in [2.75, 3.05) is 49.7 Å². The number of nitrogens with zero attached hydrogens (tertiary/aromatic N) is 4. The van der Waals surface area contributed by atoms with Gasteiger partial charge in [-0.3, -0.25) is 0 Å². The van der Waals surface area contributed by atoms with E-state index in [9.17, 15) is 0 Å². The molecule has 0 aliphatic carbocycles. The van der Waals surface area contributed by atoms with E-state index in [-0.39, 0.29) is 18.1 Å². The third-order valence-corrected chi connectivity index (χ3v) is 5.73. The molecule has 4 rings (SSSR count). The highest BCUT2D eigenvalue weighted by molar-refractivity contribution is 6.30. The van der Waals surface area contributed by atoms with Crippen LogP contribution in [-0.4, -0.2) is 64.0 Å². The van der Waals surface area contributed by atoms with Crippen molar-refractivity contribution in [3.63, 3.8) is 0 Å². The molecule has 0 spiro atoms. The first-order valence-corrected chi connectivity index (χ1v) is 11.5. The Morgan fingerprint density at radius 1 is 0.818 bits per heavy atom. The van der Waals surface area contributed by atoms with E-state index >= 15 is 0 Å². The minimum atomic E-state index is 0.112. The molecule has 8 nitrogen and oxygen atoms in total. The molecule has 2 atom stereocenters. The van der Waals surface area contributed by atoms with Gasteiger partial charge in [0.05, 0.1) is 0 Å². The van der Waals surface area contributed by atoms with Crippen LogP contribution in [0.2, 0.25) is 10.0 Å². The predicted molar refractivity (Wildman–Crippen MR) is 137 cm³/mol. The fourth-order valence-electron chi connectivity index (χ4n) is 3.50. The van der Waals surface area contributed by atoms with Crippen LogP contribution in [0.15, 0.2) is 58.5 Å². The summed E-state index contributed by atoms with van der Waals surface area (Å²) in [7, 11) is 2.01. The molecule has 0 amide bonds. The van der Waals surface area contributed by atoms with Gasteiger partial charge in [-0.25, -0.2) is 9.98 Å². The van der Waals surface area contributed by atoms with Crippen molar-refractivity contribution < 1.29 is 9.47 Å². The van der Waals surface area contributed by atoms with Gasteiger partial charge in [0.2, 0.25) is 0 Å². The smallest absolute Gasteiger partial charge is 0.282 e. The molecule has 0 saturated heterocycles. The van der Waals surface area contributed by atoms with Crippen LogP contribution >= 0.6 is 23.2 Å². The highest BCUT2D eigenvalue weighted by Crippen LogP contribution is 2.20. The Balaban J connectivity index is 0.000000186. The Labute approximate surface area is 204 Å². The Morgan fingerprint density at radius 3 is 1.70 bits per heavy atom. The maximum atomic E-state index is 5.87. The van der Waals surface area contributed by atoms with Crippen LogP contribution in [0, 0.1) is 0 Å². The van der Waals surface area contributed by atoms with Crippen LogP contribution in [0.5, 0.6) is 0 Å². The van der Waals surface area contributed by atoms with Crippen LogP contribution < -0.4 is 21.3 Å². The normalized spacial score (nSPS) is 18.9. The molecule has 2 aliphatic heterocycles. The molecule has 0 unspecified atom stereocenters. The summed E-state index contributed by atoms with van der Waals surface area (Å²) < 4.78 is 10.2. The second-order valence-corrected chi connectivity index (χ2v) is 8.61. The van der Waals surface area contributed by atoms with E-state index in [4.69, 9.17) is 44.1 Å². The fourth-order valence-corrected chi connectivity index (χ4v) is 3.75. The molecular formula is C23H30Cl2N6O2. The fraction of sp³-hybridized carbons (Fsp3) is 0.391. The molecule has 0 aromatic heterocycles. The molecule has 0 saturated carbocycles. The quantitative estimate of drug-likeness (QED) is 0.614. The van der Waals surface area contributed by atoms with Gasteiger partial charge in [-0.15, -0.1) is 0 Å². The van der Waals surface area contributed by atoms with Crippen LogP contribution in [0.3, 0.4) is 0 Å². The van der Waals surface area contributed by atoms with Gasteiger partial charge in [0.15, 0.2) is 0 Å². The second kappa shape index (κ2) is 11.9. The van der Waals surface area contributed by atoms with Gasteiger partial charge in [0.25, 0.3) is 12.0 Å². The number of aliphatic imine (C=N–C) groups is 2. The van der Waals surface area contributed by atoms with E-state index < -0.39 is 0 Å². The largest absolute Gasteiger partial charge is 0.463 e. The van der Waals surface area contributed by atoms with E-state index in [1.54, 1.807) is 0 Å². The lowest BCUT2D eigenvalue weighted by molar-refractivity contribution is 0.313. The minimum absolute atomic E-state index is 0.112. The lowest BCUT2D eigenvalue weighted by Gasteiger charge is -2.24. The minimum Gasteiger partial charge on any atom is -0.463 e. The number of hydrogen-bond donors (Lipinski definition) is 2. The molecule has 4 N–H and O–H groups in total. The first kappa shape index (κ1) is 24.8. The molecule has 2 aromatic rings. The topological polar surface area (TPSA) is 102 Å². The monoisotopic (exact) mass is 492 g/mol. The lowest BCUT2D eigenvalue weighted by atomic mass is 10.2. The second-order valence-electron chi connectivity index (χ2n) is 7.74. The van der Waals surface area contributed by atoms with Crippen molar-refractivity contribution in [2.45, 2.75) is 19.0 Å². The molecule has 2 heterocycles. The van der Waals surface area contributed by atoms with Gasteiger partial charge in [-0.05, 0) is 55.5 Å². The molecule has 2 aromatic carbocycles. The van der Waals surface area contributed by atoms with Gasteiger partial charge in [0.1, 0.15) is 25.3 Å². The number of nitrogens with two attached hydrogens (primary N) is 2. The van der Waals surface area contributed by atoms with Crippen LogP contribution in [0.1, 0.15) is 6.92 Å². The Bertz CT molecular complexity index is 952. The van der Waals surface area contributed by atoms with Crippen molar-refractivity contribution in [1.82, 2.24) is 0 Å². The Morgan fingerprint density at radius 2 is 1.27 bits per heavy atom. The van der Waals surface area contributed by atoms with Crippen molar-refractivity contribution in [1.29, 1.82) is 0 Å². The number of rotatable bonds is 7. The number of amidine groups is 2. The standard InChI is InChI=1S/C12H16ClN3O.C11H14ClN3O/c1-2-16(7-10-8-17-12(14)15-10)11-5-3-9(13)4-6-11;1-15(6-9-7-16-11(13)14-9)10-4-2-8(12)3-5-10/h3-6,10H,2,7-8H2,1H3,(H2,14,15);2-5,9H,6-7H2,1H3,(H2,13,14)/t10-;9-/m11/s1. The Kier molecular flexibility index (Phi) is 8.91. The highest BCUT2D eigenvalue weighted by atomic mass is 35.5. The van der Waals surface area contributed by atoms with Crippen LogP contribution in [-0.2, 0) is 9.47 Å². The van der Waals surface area contributed by atoms with Crippen molar-refractivity contribution in [3.05, 3.63) is 58.6 Å². The first-order valence-electron chi connectivity index (χ1n) is 10.7. The predicted octanol–water partition coefficient (Wildman–Crippen LogP) is 3.37. The zero-order valence-corrected chi connectivity index (χ0v) is 20.3. The van der Waals surface area contributed by atoms with Gasteiger partial charge in [0, 0.05) is 48.1 Å². The molecule has 2 aliphatic rings. The summed E-state index contributed by atoms with van der Waals surface area (Å²) in [4.78, 5) is 12.7. The number of anilines is 2. The van der Waals surface area contributed by atoms with E-state index in [1.165, 1.54) is 0 Å². The summed E-state index contributed by atoms with van der Waals surface area (Å²) in [6, 6.07) is 16.3. The van der Waals surface area contributed by atoms with E-state index in [0.717, 1.165) is 41.1 Å². The zero-order valence-electron chi connectivity index (χ0n) is 18.8. The summed E-state index contributed by atoms with van der Waals surface area (Å²) in [5.74, 6) is 0. The van der Waals surface area contributed by atoms with E-state index in [0.29, 0.717) is 19.2 Å². The van der Waals surface area contributed by atoms with Crippen molar-refractivity contribution in [3.8, 4) is 0 Å². The molecule has 0 radical (unpaired) electrons. The van der Waals surface area contributed by atoms with Gasteiger partial charge < -0.3 is 30.7 Å². The average molecular weight is 493 g/mol. The van der Waals surface area contributed by atoms with Gasteiger partial charge in [-0.1, -0.05) is 23.2 Å². The Hall–Kier alpha value is -2.84. The summed E-state index contributed by atoms with van der Waals surface area (Å²) in [5, 5.41) is 1.49. The van der Waals surface area contributed by atoms with E-state index in [1.807, 2.05) is 55.6 Å². The number of benzene rings is 2. The summed E-state index contributed by atoms with van der Waals surface area (Å²) in [6.45, 7) is 5.73. The molecule has 10 heteroatoms. The number of ether oxygens (including phenoxy) is 2. The summed E-state index contributed by atoms with van der Waals surface area (Å²) in [6.07, 6.45) is 0. The molecular weight excluding hydrogens is 463 g/mol. The maximum Gasteiger partial charge on any atom is 0.282 e. The average Bonchev–Trinajstić information content (AvgIpc) is 3.41. The van der Waals surface area contributed by atoms with Crippen LogP contribution in [0.25, 0.3) is 0 Å². The number of likely N-dealkylation sites (N-methyl/N-ethyl adjacent to an activating group) is 2. The van der Waals surface area contributed by atoms with E-state index in [2.05, 4.69) is 26.7 Å². The number of hydrogen-bond acceptors (Lipinski definition) is 8. The zero-order chi connectivity index (χ0) is 23.8. The third-order valence-electron chi connectivity index (χ3n) is 5.22. The summed E-state index contributed by atoms with van der Waals surface area (Å²) in [5.41, 5.74) is 13.2. The molecule has 0 bridgehead atoms. The maximum absolute atomic E-state index is 5.87. The molecule has 33 heavy (non-hydrogen) atoms. The highest BCUT2D eigenvalue weighted by Gasteiger charge is 2.20. The lowest BCUT2D eigenvalue weighted by Crippen LogP contribution is -2.32. The third kappa shape index (κ3) is 7.61. The van der Waals surface area contributed by atoms with Gasteiger partial charge in [-0.2, -0.15) is 0 Å².